The summed E-state index contributed by atoms with van der Waals surface area (Å²) >= 11 is 7.24. The molecule has 0 saturated carbocycles. The van der Waals surface area contributed by atoms with Crippen molar-refractivity contribution < 1.29 is 9.59 Å². The lowest BCUT2D eigenvalue weighted by molar-refractivity contribution is -0.120. The average Bonchev–Trinajstić information content (AvgIpc) is 3.12. The Bertz CT molecular complexity index is 1020. The Morgan fingerprint density at radius 2 is 1.31 bits per heavy atom. The van der Waals surface area contributed by atoms with E-state index < -0.39 is 0 Å². The molecule has 0 aliphatic heterocycles. The van der Waals surface area contributed by atoms with Crippen molar-refractivity contribution in [1.29, 1.82) is 0 Å². The largest absolute Gasteiger partial charge is 0.324 e. The Hall–Kier alpha value is -2.81. The van der Waals surface area contributed by atoms with Crippen molar-refractivity contribution in [3.8, 4) is 0 Å². The van der Waals surface area contributed by atoms with Crippen LogP contribution < -0.4 is 10.6 Å². The fraction of sp³-hybridized carbons (Fsp3) is 0.304. The smallest absolute Gasteiger partial charge is 0.238 e. The highest BCUT2D eigenvalue weighted by Gasteiger charge is 2.20. The first-order chi connectivity index (χ1) is 15.2. The van der Waals surface area contributed by atoms with E-state index >= 15 is 0 Å². The monoisotopic (exact) mass is 471 g/mol. The van der Waals surface area contributed by atoms with Gasteiger partial charge in [-0.3, -0.25) is 14.5 Å². The van der Waals surface area contributed by atoms with Crippen LogP contribution in [0, 0.1) is 27.7 Å². The van der Waals surface area contributed by atoms with Gasteiger partial charge in [-0.1, -0.05) is 52.5 Å². The third kappa shape index (κ3) is 6.12. The number of benzene rings is 2. The van der Waals surface area contributed by atoms with E-state index in [-0.39, 0.29) is 31.4 Å². The molecule has 0 bridgehead atoms. The van der Waals surface area contributed by atoms with Crippen molar-refractivity contribution in [2.75, 3.05) is 23.7 Å². The van der Waals surface area contributed by atoms with Crippen LogP contribution in [-0.4, -0.2) is 39.4 Å². The Labute approximate surface area is 197 Å². The molecule has 2 aromatic carbocycles. The van der Waals surface area contributed by atoms with Crippen molar-refractivity contribution >= 4 is 46.3 Å². The normalized spacial score (nSPS) is 10.9. The molecule has 0 aliphatic carbocycles. The zero-order valence-electron chi connectivity index (χ0n) is 18.5. The standard InChI is InChI=1S/C23H26ClN5O2S/c1-14-7-5-8-15(2)21(14)25-19(30)12-29(11-18-23(24)32-28-27-18)13-20(31)26-22-16(3)9-6-10-17(22)4/h5-10H,11-13H2,1-4H3,(H,25,30)(H,26,31). The second-order valence-corrected chi connectivity index (χ2v) is 9.12. The molecule has 1 heterocycles. The molecular weight excluding hydrogens is 446 g/mol. The van der Waals surface area contributed by atoms with Gasteiger partial charge >= 0.3 is 0 Å². The minimum absolute atomic E-state index is 0.00179. The first-order valence-corrected chi connectivity index (χ1v) is 11.3. The molecule has 0 fully saturated rings. The molecule has 1 aromatic heterocycles. The fourth-order valence-electron chi connectivity index (χ4n) is 3.46. The Morgan fingerprint density at radius 1 is 0.875 bits per heavy atom. The number of carbonyl (C=O) groups excluding carboxylic acids is 2. The molecule has 0 radical (unpaired) electrons. The average molecular weight is 472 g/mol. The molecule has 0 spiro atoms. The van der Waals surface area contributed by atoms with Gasteiger partial charge in [0.2, 0.25) is 11.8 Å². The lowest BCUT2D eigenvalue weighted by Gasteiger charge is -2.22. The van der Waals surface area contributed by atoms with Gasteiger partial charge in [-0.25, -0.2) is 0 Å². The summed E-state index contributed by atoms with van der Waals surface area (Å²) in [4.78, 5) is 27.4. The van der Waals surface area contributed by atoms with Crippen LogP contribution in [0.5, 0.6) is 0 Å². The van der Waals surface area contributed by atoms with Gasteiger partial charge in [0.25, 0.3) is 0 Å². The maximum Gasteiger partial charge on any atom is 0.238 e. The molecule has 2 amide bonds. The number of aryl methyl sites for hydroxylation is 4. The zero-order valence-corrected chi connectivity index (χ0v) is 20.1. The Balaban J connectivity index is 1.73. The van der Waals surface area contributed by atoms with E-state index in [0.29, 0.717) is 10.0 Å². The van der Waals surface area contributed by atoms with Crippen molar-refractivity contribution in [1.82, 2.24) is 14.5 Å². The van der Waals surface area contributed by atoms with Gasteiger partial charge in [0.05, 0.1) is 13.1 Å². The van der Waals surface area contributed by atoms with Crippen LogP contribution in [-0.2, 0) is 16.1 Å². The minimum Gasteiger partial charge on any atom is -0.324 e. The van der Waals surface area contributed by atoms with Crippen LogP contribution >= 0.6 is 23.1 Å². The molecule has 3 aromatic rings. The van der Waals surface area contributed by atoms with E-state index in [2.05, 4.69) is 20.2 Å². The zero-order chi connectivity index (χ0) is 23.3. The minimum atomic E-state index is -0.221. The summed E-state index contributed by atoms with van der Waals surface area (Å²) in [5, 5.41) is 9.96. The lowest BCUT2D eigenvalue weighted by Crippen LogP contribution is -2.39. The summed E-state index contributed by atoms with van der Waals surface area (Å²) in [5.74, 6) is -0.442. The predicted molar refractivity (Wildman–Crippen MR) is 129 cm³/mol. The van der Waals surface area contributed by atoms with Gasteiger partial charge in [-0.05, 0) is 49.9 Å². The highest BCUT2D eigenvalue weighted by Crippen LogP contribution is 2.22. The molecule has 0 atom stereocenters. The van der Waals surface area contributed by atoms with E-state index in [4.69, 9.17) is 11.6 Å². The lowest BCUT2D eigenvalue weighted by atomic mass is 10.1. The summed E-state index contributed by atoms with van der Waals surface area (Å²) in [5.41, 5.74) is 6.01. The molecule has 9 heteroatoms. The van der Waals surface area contributed by atoms with Crippen LogP contribution in [0.1, 0.15) is 27.9 Å². The number of carbonyl (C=O) groups is 2. The first kappa shape index (κ1) is 23.8. The second kappa shape index (κ2) is 10.7. The predicted octanol–water partition coefficient (Wildman–Crippen LogP) is 4.50. The number of nitrogens with one attached hydrogen (secondary N) is 2. The van der Waals surface area contributed by atoms with Crippen LogP contribution in [0.2, 0.25) is 4.34 Å². The number of halogens is 1. The summed E-state index contributed by atoms with van der Waals surface area (Å²) in [6, 6.07) is 11.7. The van der Waals surface area contributed by atoms with Crippen molar-refractivity contribution in [2.45, 2.75) is 34.2 Å². The van der Waals surface area contributed by atoms with E-state index in [1.807, 2.05) is 64.1 Å². The van der Waals surface area contributed by atoms with E-state index in [0.717, 1.165) is 45.2 Å². The molecule has 32 heavy (non-hydrogen) atoms. The number of para-hydroxylation sites is 2. The molecule has 168 valence electrons. The van der Waals surface area contributed by atoms with Crippen LogP contribution in [0.15, 0.2) is 36.4 Å². The van der Waals surface area contributed by atoms with Gasteiger partial charge in [0, 0.05) is 29.5 Å². The molecule has 0 unspecified atom stereocenters. The number of rotatable bonds is 8. The third-order valence-electron chi connectivity index (χ3n) is 5.11. The number of amides is 2. The highest BCUT2D eigenvalue weighted by atomic mass is 35.5. The molecule has 0 saturated heterocycles. The fourth-order valence-corrected chi connectivity index (χ4v) is 4.07. The van der Waals surface area contributed by atoms with Crippen LogP contribution in [0.25, 0.3) is 0 Å². The highest BCUT2D eigenvalue weighted by molar-refractivity contribution is 7.10. The van der Waals surface area contributed by atoms with Crippen molar-refractivity contribution in [3.05, 3.63) is 68.7 Å². The quantitative estimate of drug-likeness (QED) is 0.505. The number of anilines is 2. The molecule has 3 rings (SSSR count). The summed E-state index contributed by atoms with van der Waals surface area (Å²) < 4.78 is 4.29. The van der Waals surface area contributed by atoms with Gasteiger partial charge in [-0.2, -0.15) is 0 Å². The number of aromatic nitrogens is 2. The van der Waals surface area contributed by atoms with Crippen LogP contribution in [0.4, 0.5) is 11.4 Å². The Kier molecular flexibility index (Phi) is 7.95. The number of hydrogen-bond donors (Lipinski definition) is 2. The Morgan fingerprint density at radius 3 is 1.69 bits per heavy atom. The van der Waals surface area contributed by atoms with Crippen LogP contribution in [0.3, 0.4) is 0 Å². The summed E-state index contributed by atoms with van der Waals surface area (Å²) in [6.07, 6.45) is 0. The van der Waals surface area contributed by atoms with E-state index in [9.17, 15) is 9.59 Å². The number of hydrogen-bond acceptors (Lipinski definition) is 6. The van der Waals surface area contributed by atoms with Gasteiger partial charge in [0.15, 0.2) is 0 Å². The first-order valence-electron chi connectivity index (χ1n) is 10.2. The maximum absolute atomic E-state index is 12.8. The molecule has 2 N–H and O–H groups in total. The van der Waals surface area contributed by atoms with E-state index in [1.54, 1.807) is 4.90 Å². The number of nitrogens with zero attached hydrogens (tertiary/aromatic N) is 3. The van der Waals surface area contributed by atoms with Crippen molar-refractivity contribution in [2.24, 2.45) is 0 Å². The molecule has 0 aliphatic rings. The SMILES string of the molecule is Cc1cccc(C)c1NC(=O)CN(CC(=O)Nc1c(C)cccc1C)Cc1nnsc1Cl. The molecular formula is C23H26ClN5O2S. The van der Waals surface area contributed by atoms with Gasteiger partial charge in [0.1, 0.15) is 10.0 Å². The summed E-state index contributed by atoms with van der Waals surface area (Å²) in [7, 11) is 0. The van der Waals surface area contributed by atoms with Gasteiger partial charge in [-0.15, -0.1) is 5.10 Å². The summed E-state index contributed by atoms with van der Waals surface area (Å²) in [6.45, 7) is 8.01. The second-order valence-electron chi connectivity index (χ2n) is 7.77. The topological polar surface area (TPSA) is 87.2 Å². The molecule has 7 nitrogen and oxygen atoms in total. The van der Waals surface area contributed by atoms with E-state index in [1.165, 1.54) is 0 Å². The third-order valence-corrected chi connectivity index (χ3v) is 6.09. The van der Waals surface area contributed by atoms with Gasteiger partial charge < -0.3 is 10.6 Å². The maximum atomic E-state index is 12.8. The van der Waals surface area contributed by atoms with Crippen molar-refractivity contribution in [3.63, 3.8) is 0 Å².